The maximum absolute atomic E-state index is 5.92. The van der Waals surface area contributed by atoms with Crippen LogP contribution >= 0.6 is 22.9 Å². The van der Waals surface area contributed by atoms with Gasteiger partial charge in [-0.3, -0.25) is 0 Å². The summed E-state index contributed by atoms with van der Waals surface area (Å²) in [6.07, 6.45) is 0.926. The summed E-state index contributed by atoms with van der Waals surface area (Å²) in [5.41, 5.74) is 1.13. The Labute approximate surface area is 127 Å². The third-order valence-corrected chi connectivity index (χ3v) is 4.33. The predicted octanol–water partition coefficient (Wildman–Crippen LogP) is 3.85. The molecule has 1 aromatic heterocycles. The Hall–Kier alpha value is -1.23. The average molecular weight is 310 g/mol. The summed E-state index contributed by atoms with van der Waals surface area (Å²) in [4.78, 5) is 1.23. The van der Waals surface area contributed by atoms with Crippen LogP contribution in [0.5, 0.6) is 11.5 Å². The number of ether oxygens (including phenoxy) is 2. The molecule has 3 nitrogen and oxygen atoms in total. The lowest BCUT2D eigenvalue weighted by molar-refractivity contribution is 0.296. The number of benzene rings is 1. The fourth-order valence-corrected chi connectivity index (χ4v) is 3.22. The van der Waals surface area contributed by atoms with Crippen molar-refractivity contribution in [2.75, 3.05) is 13.2 Å². The van der Waals surface area contributed by atoms with E-state index in [1.165, 1.54) is 4.88 Å². The van der Waals surface area contributed by atoms with Crippen LogP contribution in [0.15, 0.2) is 30.3 Å². The molecule has 2 aromatic rings. The zero-order chi connectivity index (χ0) is 13.8. The van der Waals surface area contributed by atoms with E-state index in [1.807, 2.05) is 24.3 Å². The van der Waals surface area contributed by atoms with Gasteiger partial charge in [0.2, 0.25) is 0 Å². The minimum absolute atomic E-state index is 0.713. The number of thiophene rings is 1. The fourth-order valence-electron chi connectivity index (χ4n) is 2.16. The Morgan fingerprint density at radius 1 is 1.10 bits per heavy atom. The number of rotatable bonds is 4. The molecule has 0 radical (unpaired) electrons. The first-order valence-electron chi connectivity index (χ1n) is 6.65. The highest BCUT2D eigenvalue weighted by molar-refractivity contribution is 7.16. The smallest absolute Gasteiger partial charge is 0.165 e. The molecule has 1 aliphatic heterocycles. The molecule has 0 amide bonds. The highest BCUT2D eigenvalue weighted by Crippen LogP contribution is 2.33. The van der Waals surface area contributed by atoms with E-state index in [0.717, 1.165) is 47.5 Å². The summed E-state index contributed by atoms with van der Waals surface area (Å²) in [6.45, 7) is 2.99. The van der Waals surface area contributed by atoms with Gasteiger partial charge >= 0.3 is 0 Å². The molecule has 106 valence electrons. The van der Waals surface area contributed by atoms with E-state index in [4.69, 9.17) is 21.1 Å². The number of hydrogen-bond acceptors (Lipinski definition) is 4. The zero-order valence-electron chi connectivity index (χ0n) is 11.0. The Bertz CT molecular complexity index is 585. The molecule has 1 aliphatic rings. The van der Waals surface area contributed by atoms with Crippen LogP contribution in [0.1, 0.15) is 16.9 Å². The zero-order valence-corrected chi connectivity index (χ0v) is 12.6. The molecule has 0 atom stereocenters. The molecule has 1 N–H and O–H groups in total. The van der Waals surface area contributed by atoms with Crippen LogP contribution in [0, 0.1) is 0 Å². The molecule has 5 heteroatoms. The van der Waals surface area contributed by atoms with Crippen molar-refractivity contribution in [3.8, 4) is 11.5 Å². The second-order valence-electron chi connectivity index (χ2n) is 4.60. The van der Waals surface area contributed by atoms with E-state index < -0.39 is 0 Å². The SMILES string of the molecule is Clc1ccc(CNCc2cccc3c2OCCCO3)s1. The minimum Gasteiger partial charge on any atom is -0.490 e. The topological polar surface area (TPSA) is 30.5 Å². The van der Waals surface area contributed by atoms with Gasteiger partial charge in [0.1, 0.15) is 0 Å². The fraction of sp³-hybridized carbons (Fsp3) is 0.333. The molecule has 0 saturated heterocycles. The molecule has 0 aliphatic carbocycles. The van der Waals surface area contributed by atoms with Gasteiger partial charge in [-0.1, -0.05) is 23.7 Å². The summed E-state index contributed by atoms with van der Waals surface area (Å²) < 4.78 is 12.3. The van der Waals surface area contributed by atoms with E-state index in [2.05, 4.69) is 11.4 Å². The van der Waals surface area contributed by atoms with Crippen molar-refractivity contribution in [1.82, 2.24) is 5.32 Å². The Balaban J connectivity index is 1.65. The average Bonchev–Trinajstić information content (AvgIpc) is 2.73. The lowest BCUT2D eigenvalue weighted by Gasteiger charge is -2.12. The summed E-state index contributed by atoms with van der Waals surface area (Å²) in [7, 11) is 0. The molecule has 1 aromatic carbocycles. The first-order valence-corrected chi connectivity index (χ1v) is 7.85. The quantitative estimate of drug-likeness (QED) is 0.930. The number of para-hydroxylation sites is 1. The van der Waals surface area contributed by atoms with Gasteiger partial charge in [0, 0.05) is 30.0 Å². The number of fused-ring (bicyclic) bond motifs is 1. The first kappa shape index (κ1) is 13.7. The highest BCUT2D eigenvalue weighted by atomic mass is 35.5. The van der Waals surface area contributed by atoms with E-state index >= 15 is 0 Å². The summed E-state index contributed by atoms with van der Waals surface area (Å²) >= 11 is 7.53. The summed E-state index contributed by atoms with van der Waals surface area (Å²) in [5.74, 6) is 1.72. The van der Waals surface area contributed by atoms with Crippen LogP contribution in [0.4, 0.5) is 0 Å². The second-order valence-corrected chi connectivity index (χ2v) is 6.40. The van der Waals surface area contributed by atoms with E-state index in [0.29, 0.717) is 6.61 Å². The van der Waals surface area contributed by atoms with E-state index in [9.17, 15) is 0 Å². The van der Waals surface area contributed by atoms with Crippen LogP contribution in [0.25, 0.3) is 0 Å². The van der Waals surface area contributed by atoms with Gasteiger partial charge in [0.05, 0.1) is 17.6 Å². The molecular formula is C15H16ClNO2S. The van der Waals surface area contributed by atoms with Gasteiger partial charge in [0.15, 0.2) is 11.5 Å². The van der Waals surface area contributed by atoms with E-state index in [-0.39, 0.29) is 0 Å². The van der Waals surface area contributed by atoms with Crippen LogP contribution in [-0.2, 0) is 13.1 Å². The Morgan fingerprint density at radius 2 is 2.00 bits per heavy atom. The van der Waals surface area contributed by atoms with E-state index in [1.54, 1.807) is 11.3 Å². The molecule has 0 unspecified atom stereocenters. The van der Waals surface area contributed by atoms with Crippen molar-refractivity contribution in [3.05, 3.63) is 45.1 Å². The summed E-state index contributed by atoms with van der Waals surface area (Å²) in [6, 6.07) is 10.0. The van der Waals surface area contributed by atoms with Crippen molar-refractivity contribution in [1.29, 1.82) is 0 Å². The molecule has 20 heavy (non-hydrogen) atoms. The predicted molar refractivity (Wildman–Crippen MR) is 81.9 cm³/mol. The van der Waals surface area contributed by atoms with Crippen molar-refractivity contribution in [2.24, 2.45) is 0 Å². The Morgan fingerprint density at radius 3 is 2.85 bits per heavy atom. The van der Waals surface area contributed by atoms with Gasteiger partial charge in [-0.25, -0.2) is 0 Å². The lowest BCUT2D eigenvalue weighted by atomic mass is 10.2. The molecule has 2 heterocycles. The van der Waals surface area contributed by atoms with Crippen molar-refractivity contribution >= 4 is 22.9 Å². The third kappa shape index (κ3) is 3.26. The largest absolute Gasteiger partial charge is 0.490 e. The molecule has 0 saturated carbocycles. The Kier molecular flexibility index (Phi) is 4.45. The van der Waals surface area contributed by atoms with Crippen molar-refractivity contribution < 1.29 is 9.47 Å². The van der Waals surface area contributed by atoms with Gasteiger partial charge in [-0.2, -0.15) is 0 Å². The third-order valence-electron chi connectivity index (χ3n) is 3.10. The first-order chi connectivity index (χ1) is 9.83. The lowest BCUT2D eigenvalue weighted by Crippen LogP contribution is -2.13. The molecule has 0 fully saturated rings. The van der Waals surface area contributed by atoms with Crippen molar-refractivity contribution in [2.45, 2.75) is 19.5 Å². The molecule has 0 spiro atoms. The number of hydrogen-bond donors (Lipinski definition) is 1. The molecule has 3 rings (SSSR count). The normalized spacial score (nSPS) is 14.1. The van der Waals surface area contributed by atoms with Crippen LogP contribution < -0.4 is 14.8 Å². The minimum atomic E-state index is 0.713. The number of nitrogens with one attached hydrogen (secondary N) is 1. The van der Waals surface area contributed by atoms with Gasteiger partial charge in [0.25, 0.3) is 0 Å². The molecule has 0 bridgehead atoms. The summed E-state index contributed by atoms with van der Waals surface area (Å²) in [5, 5.41) is 3.42. The molecular weight excluding hydrogens is 294 g/mol. The van der Waals surface area contributed by atoms with Gasteiger partial charge in [-0.15, -0.1) is 11.3 Å². The van der Waals surface area contributed by atoms with Gasteiger partial charge < -0.3 is 14.8 Å². The van der Waals surface area contributed by atoms with Crippen LogP contribution in [0.3, 0.4) is 0 Å². The maximum Gasteiger partial charge on any atom is 0.165 e. The number of halogens is 1. The van der Waals surface area contributed by atoms with Crippen molar-refractivity contribution in [3.63, 3.8) is 0 Å². The second kappa shape index (κ2) is 6.48. The standard InChI is InChI=1S/C15H16ClNO2S/c16-14-6-5-12(20-14)10-17-9-11-3-1-4-13-15(11)19-8-2-7-18-13/h1,3-6,17H,2,7-10H2. The van der Waals surface area contributed by atoms with Gasteiger partial charge in [-0.05, 0) is 18.2 Å². The highest BCUT2D eigenvalue weighted by Gasteiger charge is 2.13. The monoisotopic (exact) mass is 309 g/mol. The van der Waals surface area contributed by atoms with Crippen LogP contribution in [-0.4, -0.2) is 13.2 Å². The maximum atomic E-state index is 5.92. The van der Waals surface area contributed by atoms with Crippen LogP contribution in [0.2, 0.25) is 4.34 Å².